The highest BCUT2D eigenvalue weighted by Crippen LogP contribution is 2.47. The van der Waals surface area contributed by atoms with Crippen LogP contribution < -0.4 is 4.90 Å². The van der Waals surface area contributed by atoms with E-state index in [0.717, 1.165) is 4.90 Å². The Morgan fingerprint density at radius 2 is 1.67 bits per heavy atom. The van der Waals surface area contributed by atoms with Gasteiger partial charge < -0.3 is 28.6 Å². The fourth-order valence-electron chi connectivity index (χ4n) is 4.77. The van der Waals surface area contributed by atoms with Gasteiger partial charge >= 0.3 is 12.2 Å². The van der Waals surface area contributed by atoms with Crippen LogP contribution in [0.3, 0.4) is 0 Å². The molecule has 0 bridgehead atoms. The minimum absolute atomic E-state index is 0.0262. The lowest BCUT2D eigenvalue weighted by Crippen LogP contribution is -2.44. The normalized spacial score (nSPS) is 25.6. The Labute approximate surface area is 210 Å². The van der Waals surface area contributed by atoms with Gasteiger partial charge in [0.1, 0.15) is 29.3 Å². The van der Waals surface area contributed by atoms with Gasteiger partial charge in [0.15, 0.2) is 11.6 Å². The van der Waals surface area contributed by atoms with Gasteiger partial charge in [-0.1, -0.05) is 0 Å². The maximum absolute atomic E-state index is 13.2. The Morgan fingerprint density at radius 3 is 2.22 bits per heavy atom. The Bertz CT molecular complexity index is 1120. The fourth-order valence-corrected chi connectivity index (χ4v) is 4.77. The monoisotopic (exact) mass is 504 g/mol. The quantitative estimate of drug-likeness (QED) is 0.655. The Morgan fingerprint density at radius 1 is 1.08 bits per heavy atom. The van der Waals surface area contributed by atoms with Crippen LogP contribution in [-0.2, 0) is 18.9 Å². The van der Waals surface area contributed by atoms with E-state index < -0.39 is 29.2 Å². The third-order valence-electron chi connectivity index (χ3n) is 6.00. The summed E-state index contributed by atoms with van der Waals surface area (Å²) in [5, 5.41) is 10.4. The van der Waals surface area contributed by atoms with Crippen molar-refractivity contribution in [3.05, 3.63) is 18.6 Å². The third kappa shape index (κ3) is 5.18. The summed E-state index contributed by atoms with van der Waals surface area (Å²) >= 11 is 0. The highest BCUT2D eigenvalue weighted by atomic mass is 16.8. The molecule has 198 valence electrons. The van der Waals surface area contributed by atoms with Crippen LogP contribution in [0.1, 0.15) is 67.9 Å². The van der Waals surface area contributed by atoms with Crippen LogP contribution in [0.5, 0.6) is 0 Å². The zero-order valence-corrected chi connectivity index (χ0v) is 22.1. The van der Waals surface area contributed by atoms with Crippen molar-refractivity contribution in [2.75, 3.05) is 11.5 Å². The van der Waals surface area contributed by atoms with Crippen molar-refractivity contribution in [2.45, 2.75) is 97.0 Å². The maximum Gasteiger partial charge on any atom is 0.425 e. The highest BCUT2D eigenvalue weighted by molar-refractivity contribution is 6.13. The average Bonchev–Trinajstić information content (AvgIpc) is 3.36. The lowest BCUT2D eigenvalue weighted by atomic mass is 10.1. The summed E-state index contributed by atoms with van der Waals surface area (Å²) in [6.07, 6.45) is 1.38. The zero-order chi connectivity index (χ0) is 26.6. The van der Waals surface area contributed by atoms with E-state index in [2.05, 4.69) is 9.97 Å². The number of rotatable bonds is 3. The molecule has 0 spiro atoms. The number of ether oxygens (including phenoxy) is 4. The summed E-state index contributed by atoms with van der Waals surface area (Å²) in [5.74, 6) is -0.811. The second-order valence-electron chi connectivity index (χ2n) is 11.8. The number of anilines is 1. The molecule has 36 heavy (non-hydrogen) atoms. The number of aromatic nitrogens is 3. The van der Waals surface area contributed by atoms with Crippen LogP contribution >= 0.6 is 0 Å². The van der Waals surface area contributed by atoms with Gasteiger partial charge in [0, 0.05) is 18.7 Å². The van der Waals surface area contributed by atoms with Crippen LogP contribution in [0.25, 0.3) is 11.0 Å². The van der Waals surface area contributed by atoms with E-state index in [1.165, 1.54) is 6.33 Å². The molecule has 0 radical (unpaired) electrons. The van der Waals surface area contributed by atoms with Gasteiger partial charge in [0.2, 0.25) is 0 Å². The predicted octanol–water partition coefficient (Wildman–Crippen LogP) is 4.18. The molecule has 1 saturated heterocycles. The van der Waals surface area contributed by atoms with Gasteiger partial charge in [0.25, 0.3) is 0 Å². The van der Waals surface area contributed by atoms with Crippen molar-refractivity contribution < 1.29 is 33.6 Å². The topological polar surface area (TPSA) is 125 Å². The SMILES string of the molecule is CC(C)(C)OC(=O)N(C(=O)OC(C)(C)C)c1ncnc2c1ccn2[C@@H]1C[C@H](CO)[C@H]2OC(C)(C)O[C@H]21. The summed E-state index contributed by atoms with van der Waals surface area (Å²) < 4.78 is 25.2. The maximum atomic E-state index is 13.2. The summed E-state index contributed by atoms with van der Waals surface area (Å²) in [4.78, 5) is 35.9. The van der Waals surface area contributed by atoms with Crippen molar-refractivity contribution in [3.8, 4) is 0 Å². The molecule has 2 aromatic heterocycles. The number of aliphatic hydroxyl groups excluding tert-OH is 1. The van der Waals surface area contributed by atoms with Crippen LogP contribution in [0.4, 0.5) is 15.4 Å². The van der Waals surface area contributed by atoms with Gasteiger partial charge in [-0.25, -0.2) is 19.6 Å². The molecule has 1 N–H and O–H groups in total. The van der Waals surface area contributed by atoms with E-state index in [1.54, 1.807) is 47.6 Å². The number of hydrogen-bond donors (Lipinski definition) is 1. The van der Waals surface area contributed by atoms with Crippen LogP contribution in [-0.4, -0.2) is 67.6 Å². The minimum atomic E-state index is -0.903. The molecule has 2 amide bonds. The second kappa shape index (κ2) is 8.97. The molecule has 11 heteroatoms. The first-order valence-corrected chi connectivity index (χ1v) is 12.1. The number of carbonyl (C=O) groups excluding carboxylic acids is 2. The number of imide groups is 1. The number of nitrogens with zero attached hydrogens (tertiary/aromatic N) is 4. The lowest BCUT2D eigenvalue weighted by molar-refractivity contribution is -0.161. The molecule has 11 nitrogen and oxygen atoms in total. The van der Waals surface area contributed by atoms with Crippen molar-refractivity contribution in [2.24, 2.45) is 5.92 Å². The molecule has 1 saturated carbocycles. The largest absolute Gasteiger partial charge is 0.443 e. The molecule has 4 atom stereocenters. The first-order valence-electron chi connectivity index (χ1n) is 12.1. The summed E-state index contributed by atoms with van der Waals surface area (Å²) in [7, 11) is 0. The third-order valence-corrected chi connectivity index (χ3v) is 6.00. The van der Waals surface area contributed by atoms with E-state index in [4.69, 9.17) is 18.9 Å². The number of carbonyl (C=O) groups is 2. The van der Waals surface area contributed by atoms with Crippen molar-refractivity contribution in [1.29, 1.82) is 0 Å². The number of hydrogen-bond acceptors (Lipinski definition) is 9. The molecule has 4 rings (SSSR count). The van der Waals surface area contributed by atoms with E-state index >= 15 is 0 Å². The lowest BCUT2D eigenvalue weighted by Gasteiger charge is -2.28. The minimum Gasteiger partial charge on any atom is -0.443 e. The van der Waals surface area contributed by atoms with E-state index in [9.17, 15) is 14.7 Å². The molecule has 1 aliphatic heterocycles. The van der Waals surface area contributed by atoms with E-state index in [0.29, 0.717) is 17.5 Å². The Balaban J connectivity index is 1.76. The van der Waals surface area contributed by atoms with Crippen LogP contribution in [0, 0.1) is 5.92 Å². The highest BCUT2D eigenvalue weighted by Gasteiger charge is 2.54. The van der Waals surface area contributed by atoms with Gasteiger partial charge in [-0.3, -0.25) is 0 Å². The first kappa shape index (κ1) is 26.3. The van der Waals surface area contributed by atoms with E-state index in [-0.39, 0.29) is 36.6 Å². The number of aliphatic hydroxyl groups is 1. The van der Waals surface area contributed by atoms with Crippen molar-refractivity contribution >= 4 is 29.0 Å². The molecule has 2 aromatic rings. The van der Waals surface area contributed by atoms with Gasteiger partial charge in [-0.2, -0.15) is 4.90 Å². The standard InChI is InChI=1S/C25H36N4O7/c1-23(2,3)35-21(31)29(22(32)36-24(4,5)6)20-15-9-10-28(19(15)26-13-27-20)16-11-14(12-30)17-18(16)34-25(7,8)33-17/h9-10,13-14,16-18,30H,11-12H2,1-8H3/t14-,16-,17-,18+/m1/s1. The van der Waals surface area contributed by atoms with Gasteiger partial charge in [-0.05, 0) is 67.9 Å². The molecule has 0 aromatic carbocycles. The predicted molar refractivity (Wildman–Crippen MR) is 131 cm³/mol. The van der Waals surface area contributed by atoms with Gasteiger partial charge in [-0.15, -0.1) is 0 Å². The Hall–Kier alpha value is -2.76. The average molecular weight is 505 g/mol. The van der Waals surface area contributed by atoms with Crippen molar-refractivity contribution in [1.82, 2.24) is 14.5 Å². The smallest absolute Gasteiger partial charge is 0.425 e. The second-order valence-corrected chi connectivity index (χ2v) is 11.8. The zero-order valence-electron chi connectivity index (χ0n) is 22.1. The van der Waals surface area contributed by atoms with Crippen LogP contribution in [0.15, 0.2) is 18.6 Å². The molecular weight excluding hydrogens is 468 g/mol. The molecule has 3 heterocycles. The molecule has 2 fully saturated rings. The Kier molecular flexibility index (Phi) is 6.55. The van der Waals surface area contributed by atoms with Gasteiger partial charge in [0.05, 0.1) is 17.5 Å². The molecule has 1 aliphatic carbocycles. The van der Waals surface area contributed by atoms with Crippen molar-refractivity contribution in [3.63, 3.8) is 0 Å². The summed E-state index contributed by atoms with van der Waals surface area (Å²) in [5.41, 5.74) is -1.19. The molecular formula is C25H36N4O7. The first-order chi connectivity index (χ1) is 16.6. The summed E-state index contributed by atoms with van der Waals surface area (Å²) in [6, 6.07) is 1.57. The number of fused-ring (bicyclic) bond motifs is 2. The molecule has 2 aliphatic rings. The molecule has 0 unspecified atom stereocenters. The fraction of sp³-hybridized carbons (Fsp3) is 0.680. The summed E-state index contributed by atoms with van der Waals surface area (Å²) in [6.45, 7) is 13.9. The van der Waals surface area contributed by atoms with E-state index in [1.807, 2.05) is 24.6 Å². The number of amides is 2. The van der Waals surface area contributed by atoms with Crippen LogP contribution in [0.2, 0.25) is 0 Å².